The molecule has 2 aromatic carbocycles. The summed E-state index contributed by atoms with van der Waals surface area (Å²) in [5.74, 6) is -0.513. The van der Waals surface area contributed by atoms with Gasteiger partial charge in [0.1, 0.15) is 17.6 Å². The van der Waals surface area contributed by atoms with Gasteiger partial charge in [0.2, 0.25) is 5.91 Å². The van der Waals surface area contributed by atoms with Gasteiger partial charge in [-0.1, -0.05) is 37.3 Å². The van der Waals surface area contributed by atoms with E-state index in [2.05, 4.69) is 5.32 Å². The van der Waals surface area contributed by atoms with Crippen molar-refractivity contribution in [1.29, 1.82) is 0 Å². The summed E-state index contributed by atoms with van der Waals surface area (Å²) in [5, 5.41) is 2.88. The Morgan fingerprint density at radius 2 is 1.86 bits per heavy atom. The van der Waals surface area contributed by atoms with Crippen LogP contribution in [-0.2, 0) is 16.1 Å². The predicted octanol–water partition coefficient (Wildman–Crippen LogP) is 3.84. The molecule has 0 bridgehead atoms. The smallest absolute Gasteiger partial charge is 0.261 e. The first-order chi connectivity index (χ1) is 13.8. The van der Waals surface area contributed by atoms with Gasteiger partial charge in [-0.15, -0.1) is 0 Å². The number of hydrogen-bond donors (Lipinski definition) is 1. The molecule has 6 heteroatoms. The fraction of sp³-hybridized carbons (Fsp3) is 0.391. The second-order valence-corrected chi connectivity index (χ2v) is 7.21. The SMILES string of the molecule is CC[C@H](C)NC(=O)[C@@H](C)N(Cc1ccccc1F)C(=O)COc1cccc(C)c1. The van der Waals surface area contributed by atoms with Crippen LogP contribution in [0.2, 0.25) is 0 Å². The van der Waals surface area contributed by atoms with E-state index in [0.29, 0.717) is 11.3 Å². The van der Waals surface area contributed by atoms with Crippen LogP contribution < -0.4 is 10.1 Å². The average molecular weight is 400 g/mol. The molecule has 0 aliphatic carbocycles. The van der Waals surface area contributed by atoms with E-state index in [4.69, 9.17) is 4.74 Å². The number of rotatable bonds is 9. The van der Waals surface area contributed by atoms with Crippen LogP contribution in [0.3, 0.4) is 0 Å². The van der Waals surface area contributed by atoms with Gasteiger partial charge in [0.05, 0.1) is 0 Å². The second kappa shape index (κ2) is 10.6. The minimum atomic E-state index is -0.766. The van der Waals surface area contributed by atoms with Gasteiger partial charge in [0.25, 0.3) is 5.91 Å². The highest BCUT2D eigenvalue weighted by molar-refractivity contribution is 5.88. The molecule has 5 nitrogen and oxygen atoms in total. The summed E-state index contributed by atoms with van der Waals surface area (Å²) in [6, 6.07) is 12.8. The number of nitrogens with zero attached hydrogens (tertiary/aromatic N) is 1. The number of carbonyl (C=O) groups excluding carboxylic acids is 2. The minimum Gasteiger partial charge on any atom is -0.484 e. The van der Waals surface area contributed by atoms with Gasteiger partial charge in [0.15, 0.2) is 6.61 Å². The average Bonchev–Trinajstić information content (AvgIpc) is 2.70. The number of aryl methyl sites for hydroxylation is 1. The molecule has 0 aliphatic heterocycles. The summed E-state index contributed by atoms with van der Waals surface area (Å²) in [4.78, 5) is 26.9. The fourth-order valence-electron chi connectivity index (χ4n) is 2.79. The maximum atomic E-state index is 14.2. The van der Waals surface area contributed by atoms with Crippen LogP contribution in [0.15, 0.2) is 48.5 Å². The lowest BCUT2D eigenvalue weighted by molar-refractivity contribution is -0.142. The zero-order valence-corrected chi connectivity index (χ0v) is 17.4. The van der Waals surface area contributed by atoms with E-state index in [1.807, 2.05) is 39.0 Å². The summed E-state index contributed by atoms with van der Waals surface area (Å²) in [6.45, 7) is 7.18. The number of amides is 2. The van der Waals surface area contributed by atoms with Crippen molar-refractivity contribution in [3.8, 4) is 5.75 Å². The van der Waals surface area contributed by atoms with E-state index < -0.39 is 11.9 Å². The molecule has 1 N–H and O–H groups in total. The fourth-order valence-corrected chi connectivity index (χ4v) is 2.79. The monoisotopic (exact) mass is 400 g/mol. The summed E-state index contributed by atoms with van der Waals surface area (Å²) in [5.41, 5.74) is 1.36. The highest BCUT2D eigenvalue weighted by atomic mass is 19.1. The third kappa shape index (κ3) is 6.59. The van der Waals surface area contributed by atoms with Crippen LogP contribution in [0, 0.1) is 12.7 Å². The van der Waals surface area contributed by atoms with E-state index in [1.165, 1.54) is 11.0 Å². The highest BCUT2D eigenvalue weighted by Crippen LogP contribution is 2.16. The van der Waals surface area contributed by atoms with E-state index in [-0.39, 0.29) is 31.0 Å². The largest absolute Gasteiger partial charge is 0.484 e. The predicted molar refractivity (Wildman–Crippen MR) is 111 cm³/mol. The van der Waals surface area contributed by atoms with Crippen molar-refractivity contribution in [1.82, 2.24) is 10.2 Å². The molecule has 2 rings (SSSR count). The van der Waals surface area contributed by atoms with Gasteiger partial charge in [0, 0.05) is 18.2 Å². The molecule has 0 aliphatic rings. The van der Waals surface area contributed by atoms with Gasteiger partial charge in [-0.05, 0) is 51.0 Å². The second-order valence-electron chi connectivity index (χ2n) is 7.21. The first-order valence-electron chi connectivity index (χ1n) is 9.84. The number of carbonyl (C=O) groups is 2. The molecule has 0 spiro atoms. The Bertz CT molecular complexity index is 840. The van der Waals surface area contributed by atoms with E-state index >= 15 is 0 Å². The minimum absolute atomic E-state index is 0.0149. The van der Waals surface area contributed by atoms with Crippen molar-refractivity contribution in [3.05, 3.63) is 65.5 Å². The maximum Gasteiger partial charge on any atom is 0.261 e. The van der Waals surface area contributed by atoms with Crippen molar-refractivity contribution in [2.75, 3.05) is 6.61 Å². The molecule has 0 unspecified atom stereocenters. The molecular formula is C23H29FN2O3. The molecule has 0 heterocycles. The molecule has 0 saturated heterocycles. The number of benzene rings is 2. The van der Waals surface area contributed by atoms with Crippen molar-refractivity contribution in [2.45, 2.75) is 52.7 Å². The Morgan fingerprint density at radius 1 is 1.14 bits per heavy atom. The lowest BCUT2D eigenvalue weighted by Crippen LogP contribution is -2.50. The molecule has 2 aromatic rings. The molecular weight excluding hydrogens is 371 g/mol. The molecule has 0 fully saturated rings. The molecule has 156 valence electrons. The third-order valence-corrected chi connectivity index (χ3v) is 4.82. The summed E-state index contributed by atoms with van der Waals surface area (Å²) < 4.78 is 19.8. The molecule has 0 radical (unpaired) electrons. The molecule has 0 aromatic heterocycles. The number of hydrogen-bond acceptors (Lipinski definition) is 3. The summed E-state index contributed by atoms with van der Waals surface area (Å²) in [6.07, 6.45) is 0.774. The molecule has 2 atom stereocenters. The quantitative estimate of drug-likeness (QED) is 0.696. The van der Waals surface area contributed by atoms with Crippen LogP contribution in [-0.4, -0.2) is 35.4 Å². The molecule has 2 amide bonds. The standard InChI is InChI=1S/C23H29FN2O3/c1-5-17(3)25-23(28)18(4)26(14-19-10-6-7-12-21(19)24)22(27)15-29-20-11-8-9-16(2)13-20/h6-13,17-18H,5,14-15H2,1-4H3,(H,25,28)/t17-,18+/m0/s1. The Balaban J connectivity index is 2.17. The van der Waals surface area contributed by atoms with Crippen molar-refractivity contribution >= 4 is 11.8 Å². The Kier molecular flexibility index (Phi) is 8.19. The first kappa shape index (κ1) is 22.4. The van der Waals surface area contributed by atoms with Gasteiger partial charge in [-0.3, -0.25) is 9.59 Å². The van der Waals surface area contributed by atoms with E-state index in [0.717, 1.165) is 12.0 Å². The number of nitrogens with one attached hydrogen (secondary N) is 1. The number of halogens is 1. The van der Waals surface area contributed by atoms with E-state index in [9.17, 15) is 14.0 Å². The van der Waals surface area contributed by atoms with Crippen LogP contribution in [0.25, 0.3) is 0 Å². The van der Waals surface area contributed by atoms with Gasteiger partial charge < -0.3 is 15.0 Å². The third-order valence-electron chi connectivity index (χ3n) is 4.82. The van der Waals surface area contributed by atoms with Crippen LogP contribution in [0.5, 0.6) is 5.75 Å². The topological polar surface area (TPSA) is 58.6 Å². The van der Waals surface area contributed by atoms with Crippen molar-refractivity contribution in [2.24, 2.45) is 0 Å². The van der Waals surface area contributed by atoms with Crippen LogP contribution >= 0.6 is 0 Å². The highest BCUT2D eigenvalue weighted by Gasteiger charge is 2.27. The summed E-state index contributed by atoms with van der Waals surface area (Å²) >= 11 is 0. The van der Waals surface area contributed by atoms with Crippen molar-refractivity contribution in [3.63, 3.8) is 0 Å². The maximum absolute atomic E-state index is 14.2. The number of ether oxygens (including phenoxy) is 1. The van der Waals surface area contributed by atoms with Crippen LogP contribution in [0.4, 0.5) is 4.39 Å². The van der Waals surface area contributed by atoms with E-state index in [1.54, 1.807) is 31.2 Å². The van der Waals surface area contributed by atoms with Gasteiger partial charge >= 0.3 is 0 Å². The Morgan fingerprint density at radius 3 is 2.52 bits per heavy atom. The first-order valence-corrected chi connectivity index (χ1v) is 9.84. The zero-order chi connectivity index (χ0) is 21.4. The Hall–Kier alpha value is -2.89. The van der Waals surface area contributed by atoms with Crippen LogP contribution in [0.1, 0.15) is 38.3 Å². The van der Waals surface area contributed by atoms with Gasteiger partial charge in [-0.2, -0.15) is 0 Å². The van der Waals surface area contributed by atoms with Crippen molar-refractivity contribution < 1.29 is 18.7 Å². The lowest BCUT2D eigenvalue weighted by atomic mass is 10.1. The zero-order valence-electron chi connectivity index (χ0n) is 17.4. The molecule has 29 heavy (non-hydrogen) atoms. The summed E-state index contributed by atoms with van der Waals surface area (Å²) in [7, 11) is 0. The lowest BCUT2D eigenvalue weighted by Gasteiger charge is -2.29. The van der Waals surface area contributed by atoms with Gasteiger partial charge in [-0.25, -0.2) is 4.39 Å². The normalized spacial score (nSPS) is 12.7. The Labute approximate surface area is 171 Å². The molecule has 0 saturated carbocycles.